The first-order valence-corrected chi connectivity index (χ1v) is 10.2. The number of pyridine rings is 1. The van der Waals surface area contributed by atoms with Crippen LogP contribution in [-0.2, 0) is 16.4 Å². The van der Waals surface area contributed by atoms with Gasteiger partial charge in [0.25, 0.3) is 0 Å². The molecular formula is C18H19N3O2S2. The monoisotopic (exact) mass is 373 g/mol. The number of aromatic nitrogens is 2. The molecule has 5 nitrogen and oxygen atoms in total. The second kappa shape index (κ2) is 7.43. The van der Waals surface area contributed by atoms with Crippen molar-refractivity contribution in [2.24, 2.45) is 0 Å². The van der Waals surface area contributed by atoms with E-state index >= 15 is 0 Å². The van der Waals surface area contributed by atoms with Gasteiger partial charge in [0.15, 0.2) is 0 Å². The van der Waals surface area contributed by atoms with Crippen LogP contribution < -0.4 is 4.72 Å². The number of hydrogen-bond acceptors (Lipinski definition) is 5. The van der Waals surface area contributed by atoms with E-state index in [-0.39, 0.29) is 0 Å². The summed E-state index contributed by atoms with van der Waals surface area (Å²) in [5.74, 6) is 0. The Balaban J connectivity index is 1.63. The van der Waals surface area contributed by atoms with Crippen LogP contribution in [-0.4, -0.2) is 24.9 Å². The molecule has 0 spiro atoms. The van der Waals surface area contributed by atoms with Crippen molar-refractivity contribution in [2.45, 2.75) is 25.2 Å². The average molecular weight is 374 g/mol. The molecule has 3 rings (SSSR count). The van der Waals surface area contributed by atoms with E-state index in [1.807, 2.05) is 43.5 Å². The third-order valence-electron chi connectivity index (χ3n) is 3.90. The van der Waals surface area contributed by atoms with Crippen LogP contribution in [0.3, 0.4) is 0 Å². The first-order valence-electron chi connectivity index (χ1n) is 7.88. The first kappa shape index (κ1) is 17.7. The number of benzene rings is 1. The molecule has 130 valence electrons. The molecule has 1 N–H and O–H groups in total. The Kier molecular flexibility index (Phi) is 5.27. The number of nitrogens with one attached hydrogen (secondary N) is 1. The fourth-order valence-corrected chi connectivity index (χ4v) is 4.25. The molecular weight excluding hydrogens is 354 g/mol. The third-order valence-corrected chi connectivity index (χ3v) is 6.27. The van der Waals surface area contributed by atoms with Gasteiger partial charge in [-0.3, -0.25) is 4.98 Å². The van der Waals surface area contributed by atoms with Gasteiger partial charge in [-0.15, -0.1) is 11.3 Å². The SMILES string of the molecule is Cc1ccc(S(=O)(=O)NCCc2csc(-c3ccccn3)n2)cc1C. The van der Waals surface area contributed by atoms with Crippen molar-refractivity contribution in [2.75, 3.05) is 6.54 Å². The summed E-state index contributed by atoms with van der Waals surface area (Å²) in [6.45, 7) is 4.17. The molecule has 2 heterocycles. The van der Waals surface area contributed by atoms with Crippen LogP contribution in [0.2, 0.25) is 0 Å². The molecule has 0 aliphatic heterocycles. The standard InChI is InChI=1S/C18H19N3O2S2/c1-13-6-7-16(11-14(13)2)25(22,23)20-10-8-15-12-24-18(21-15)17-5-3-4-9-19-17/h3-7,9,11-12,20H,8,10H2,1-2H3. The van der Waals surface area contributed by atoms with Gasteiger partial charge < -0.3 is 0 Å². The quantitative estimate of drug-likeness (QED) is 0.719. The maximum Gasteiger partial charge on any atom is 0.240 e. The summed E-state index contributed by atoms with van der Waals surface area (Å²) >= 11 is 1.51. The lowest BCUT2D eigenvalue weighted by molar-refractivity contribution is 0.581. The van der Waals surface area contributed by atoms with E-state index in [2.05, 4.69) is 14.7 Å². The minimum Gasteiger partial charge on any atom is -0.254 e. The molecule has 7 heteroatoms. The van der Waals surface area contributed by atoms with E-state index in [9.17, 15) is 8.42 Å². The molecule has 0 saturated carbocycles. The number of nitrogens with zero attached hydrogens (tertiary/aromatic N) is 2. The first-order chi connectivity index (χ1) is 12.0. The predicted octanol–water partition coefficient (Wildman–Crippen LogP) is 3.34. The Morgan fingerprint density at radius 1 is 1.12 bits per heavy atom. The molecule has 0 saturated heterocycles. The Morgan fingerprint density at radius 3 is 2.68 bits per heavy atom. The molecule has 0 aliphatic rings. The Hall–Kier alpha value is -2.09. The zero-order valence-electron chi connectivity index (χ0n) is 14.1. The maximum absolute atomic E-state index is 12.4. The van der Waals surface area contributed by atoms with Crippen molar-refractivity contribution in [3.8, 4) is 10.7 Å². The van der Waals surface area contributed by atoms with E-state index in [0.717, 1.165) is 27.5 Å². The summed E-state index contributed by atoms with van der Waals surface area (Å²) in [6.07, 6.45) is 2.27. The van der Waals surface area contributed by atoms with E-state index in [1.54, 1.807) is 18.3 Å². The molecule has 0 unspecified atom stereocenters. The largest absolute Gasteiger partial charge is 0.254 e. The lowest BCUT2D eigenvalue weighted by Crippen LogP contribution is -2.26. The van der Waals surface area contributed by atoms with E-state index in [0.29, 0.717) is 17.9 Å². The van der Waals surface area contributed by atoms with Gasteiger partial charge in [-0.25, -0.2) is 18.1 Å². The summed E-state index contributed by atoms with van der Waals surface area (Å²) in [6, 6.07) is 10.8. The second-order valence-corrected chi connectivity index (χ2v) is 8.38. The predicted molar refractivity (Wildman–Crippen MR) is 100 cm³/mol. The lowest BCUT2D eigenvalue weighted by Gasteiger charge is -2.08. The van der Waals surface area contributed by atoms with Crippen molar-refractivity contribution < 1.29 is 8.42 Å². The zero-order chi connectivity index (χ0) is 17.9. The number of hydrogen-bond donors (Lipinski definition) is 1. The molecule has 0 aliphatic carbocycles. The fraction of sp³-hybridized carbons (Fsp3) is 0.222. The summed E-state index contributed by atoms with van der Waals surface area (Å²) in [5, 5.41) is 2.78. The summed E-state index contributed by atoms with van der Waals surface area (Å²) in [4.78, 5) is 9.09. The van der Waals surface area contributed by atoms with E-state index in [1.165, 1.54) is 11.3 Å². The highest BCUT2D eigenvalue weighted by atomic mass is 32.2. The number of rotatable bonds is 6. The molecule has 0 amide bonds. The average Bonchev–Trinajstić information content (AvgIpc) is 3.07. The second-order valence-electron chi connectivity index (χ2n) is 5.75. The molecule has 0 bridgehead atoms. The van der Waals surface area contributed by atoms with Crippen LogP contribution in [0.25, 0.3) is 10.7 Å². The molecule has 2 aromatic heterocycles. The van der Waals surface area contributed by atoms with Crippen molar-refractivity contribution in [1.82, 2.24) is 14.7 Å². The van der Waals surface area contributed by atoms with E-state index < -0.39 is 10.0 Å². The minimum absolute atomic E-state index is 0.294. The van der Waals surface area contributed by atoms with Crippen LogP contribution in [0.5, 0.6) is 0 Å². The highest BCUT2D eigenvalue weighted by molar-refractivity contribution is 7.89. The highest BCUT2D eigenvalue weighted by Crippen LogP contribution is 2.21. The molecule has 3 aromatic rings. The number of aryl methyl sites for hydroxylation is 2. The third kappa shape index (κ3) is 4.31. The van der Waals surface area contributed by atoms with Gasteiger partial charge in [0, 0.05) is 24.5 Å². The van der Waals surface area contributed by atoms with Crippen molar-refractivity contribution in [1.29, 1.82) is 0 Å². The molecule has 1 aromatic carbocycles. The van der Waals surface area contributed by atoms with Gasteiger partial charge in [-0.1, -0.05) is 12.1 Å². The van der Waals surface area contributed by atoms with Crippen LogP contribution in [0.1, 0.15) is 16.8 Å². The maximum atomic E-state index is 12.4. The minimum atomic E-state index is -3.50. The van der Waals surface area contributed by atoms with Crippen LogP contribution in [0.4, 0.5) is 0 Å². The Bertz CT molecular complexity index is 967. The topological polar surface area (TPSA) is 72.0 Å². The molecule has 25 heavy (non-hydrogen) atoms. The Labute approximate surface area is 151 Å². The lowest BCUT2D eigenvalue weighted by atomic mass is 10.1. The van der Waals surface area contributed by atoms with Crippen LogP contribution in [0, 0.1) is 13.8 Å². The van der Waals surface area contributed by atoms with Crippen molar-refractivity contribution in [3.05, 3.63) is 64.8 Å². The molecule has 0 atom stereocenters. The highest BCUT2D eigenvalue weighted by Gasteiger charge is 2.14. The molecule has 0 fully saturated rings. The van der Waals surface area contributed by atoms with E-state index in [4.69, 9.17) is 0 Å². The molecule has 0 radical (unpaired) electrons. The summed E-state index contributed by atoms with van der Waals surface area (Å²) in [5.41, 5.74) is 3.72. The van der Waals surface area contributed by atoms with Crippen LogP contribution in [0.15, 0.2) is 52.9 Å². The number of sulfonamides is 1. The zero-order valence-corrected chi connectivity index (χ0v) is 15.7. The van der Waals surface area contributed by atoms with Crippen molar-refractivity contribution >= 4 is 21.4 Å². The number of thiazole rings is 1. The van der Waals surface area contributed by atoms with Gasteiger partial charge in [0.05, 0.1) is 16.3 Å². The van der Waals surface area contributed by atoms with Gasteiger partial charge in [-0.2, -0.15) is 0 Å². The summed E-state index contributed by atoms with van der Waals surface area (Å²) in [7, 11) is -3.50. The van der Waals surface area contributed by atoms with Crippen molar-refractivity contribution in [3.63, 3.8) is 0 Å². The van der Waals surface area contributed by atoms with Crippen LogP contribution >= 0.6 is 11.3 Å². The fourth-order valence-electron chi connectivity index (χ4n) is 2.31. The smallest absolute Gasteiger partial charge is 0.240 e. The summed E-state index contributed by atoms with van der Waals surface area (Å²) < 4.78 is 27.4. The van der Waals surface area contributed by atoms with Gasteiger partial charge in [0.1, 0.15) is 5.01 Å². The Morgan fingerprint density at radius 2 is 1.96 bits per heavy atom. The normalized spacial score (nSPS) is 11.6. The van der Waals surface area contributed by atoms with Gasteiger partial charge in [-0.05, 0) is 49.2 Å². The van der Waals surface area contributed by atoms with Gasteiger partial charge in [0.2, 0.25) is 10.0 Å². The van der Waals surface area contributed by atoms with Gasteiger partial charge >= 0.3 is 0 Å².